The van der Waals surface area contributed by atoms with Gasteiger partial charge in [-0.15, -0.1) is 0 Å². The normalized spacial score (nSPS) is 5.47. The Labute approximate surface area is 210 Å². The van der Waals surface area contributed by atoms with Crippen molar-refractivity contribution in [2.75, 3.05) is 0 Å². The van der Waals surface area contributed by atoms with Gasteiger partial charge in [0.1, 0.15) is 0 Å². The van der Waals surface area contributed by atoms with Crippen molar-refractivity contribution in [2.45, 2.75) is 0 Å². The van der Waals surface area contributed by atoms with Gasteiger partial charge in [0.25, 0.3) is 0 Å². The Balaban J connectivity index is -0.0000000192. The van der Waals surface area contributed by atoms with Gasteiger partial charge in [0.15, 0.2) is 0 Å². The molecule has 0 spiro atoms. The van der Waals surface area contributed by atoms with Crippen LogP contribution in [0.1, 0.15) is 0 Å². The molecule has 0 aromatic rings. The maximum Gasteiger partial charge on any atom is 2.00 e. The molecule has 19 heteroatoms. The minimum atomic E-state index is -4.08. The first kappa shape index (κ1) is 44.0. The third kappa shape index (κ3) is 401. The second-order valence-corrected chi connectivity index (χ2v) is 4.12. The first-order valence-electron chi connectivity index (χ1n) is 2.45. The second-order valence-electron chi connectivity index (χ2n) is 1.00. The molecule has 0 heterocycles. The Morgan fingerprint density at radius 1 is 0.421 bits per heavy atom. The molecule has 98 valence electrons. The quantitative estimate of drug-likeness (QED) is 0.206. The molecule has 0 aromatic heterocycles. The van der Waals surface area contributed by atoms with Crippen molar-refractivity contribution >= 4 is 27.3 Å². The van der Waals surface area contributed by atoms with Crippen molar-refractivity contribution in [3.8, 4) is 0 Å². The van der Waals surface area contributed by atoms with Crippen molar-refractivity contribution < 1.29 is 188 Å². The van der Waals surface area contributed by atoms with Crippen molar-refractivity contribution in [1.29, 1.82) is 0 Å². The summed E-state index contributed by atoms with van der Waals surface area (Å²) in [5.41, 5.74) is 0. The molecular weight excluding hydrogens is 868 g/mol. The van der Waals surface area contributed by atoms with Crippen LogP contribution in [0.2, 0.25) is 0 Å². The van der Waals surface area contributed by atoms with Gasteiger partial charge >= 0.3 is 216 Å². The fourth-order valence-corrected chi connectivity index (χ4v) is 0. The second kappa shape index (κ2) is 38.6. The predicted molar refractivity (Wildman–Crippen MR) is 8.50 cm³/mol. The van der Waals surface area contributed by atoms with E-state index in [0.29, 0.717) is 0 Å². The maximum atomic E-state index is 8.58. The molecule has 12 nitrogen and oxygen atoms in total. The van der Waals surface area contributed by atoms with Gasteiger partial charge in [-0.1, -0.05) is 0 Å². The Kier molecular flexibility index (Phi) is 89.2. The fraction of sp³-hybridized carbons (Fsp3) is 0. The summed E-state index contributed by atoms with van der Waals surface area (Å²) in [4.78, 5) is 0. The monoisotopic (exact) mass is 870 g/mol. The molecule has 19 heavy (non-hydrogen) atoms. The van der Waals surface area contributed by atoms with Crippen LogP contribution in [0.3, 0.4) is 0 Å². The zero-order chi connectivity index (χ0) is 14.3. The average molecular weight is 868 g/mol. The molecule has 0 aromatic carbocycles. The standard InChI is InChI=1S/2La.12O.Pb.4Ti/q2*+3;;;;;8*-1;+2;;;;. The van der Waals surface area contributed by atoms with Gasteiger partial charge in [0, 0.05) is 0 Å². The molecule has 0 fully saturated rings. The van der Waals surface area contributed by atoms with E-state index in [2.05, 4.69) is 0 Å². The van der Waals surface area contributed by atoms with Crippen LogP contribution >= 0.6 is 0 Å². The topological polar surface area (TPSA) is 253 Å². The molecule has 0 rings (SSSR count). The van der Waals surface area contributed by atoms with Gasteiger partial charge in [-0.2, -0.15) is 0 Å². The smallest absolute Gasteiger partial charge is 2.00 e. The molecule has 2 radical (unpaired) electrons. The van der Waals surface area contributed by atoms with E-state index in [1.807, 2.05) is 0 Å². The van der Waals surface area contributed by atoms with Crippen LogP contribution in [0.5, 0.6) is 0 Å². The summed E-state index contributed by atoms with van der Waals surface area (Å²) in [6.45, 7) is 0. The summed E-state index contributed by atoms with van der Waals surface area (Å²) in [6, 6.07) is 0. The molecule has 0 aliphatic carbocycles. The third-order valence-electron chi connectivity index (χ3n) is 0. The van der Waals surface area contributed by atoms with Gasteiger partial charge in [0.2, 0.25) is 0 Å². The van der Waals surface area contributed by atoms with E-state index < -0.39 is 74.5 Å². The fourth-order valence-electron chi connectivity index (χ4n) is 0. The van der Waals surface area contributed by atoms with E-state index in [1.165, 1.54) is 0 Å². The van der Waals surface area contributed by atoms with Crippen LogP contribution in [0, 0.1) is 71.2 Å². The summed E-state index contributed by atoms with van der Waals surface area (Å²) in [6.07, 6.45) is 0. The zero-order valence-corrected chi connectivity index (χ0v) is 25.9. The van der Waals surface area contributed by atoms with Crippen LogP contribution in [-0.4, -0.2) is 27.3 Å². The average Bonchev–Trinajstić information content (AvgIpc) is 1.76. The van der Waals surface area contributed by atoms with Crippen molar-refractivity contribution in [3.63, 3.8) is 0 Å². The summed E-state index contributed by atoms with van der Waals surface area (Å²) < 4.78 is 103. The number of hydrogen-bond donors (Lipinski definition) is 0. The molecule has 0 N–H and O–H groups in total. The molecule has 0 amide bonds. The number of hydrogen-bond acceptors (Lipinski definition) is 12. The summed E-state index contributed by atoms with van der Waals surface area (Å²) in [5, 5.41) is 0. The van der Waals surface area contributed by atoms with E-state index in [0.717, 1.165) is 0 Å². The minimum Gasteiger partial charge on any atom is 2.00 e. The van der Waals surface area contributed by atoms with E-state index in [1.54, 1.807) is 0 Å². The molecule has 0 atom stereocenters. The van der Waals surface area contributed by atoms with E-state index >= 15 is 0 Å². The molecule has 0 saturated heterocycles. The van der Waals surface area contributed by atoms with Crippen molar-refractivity contribution in [2.24, 2.45) is 0 Å². The van der Waals surface area contributed by atoms with Crippen molar-refractivity contribution in [1.82, 2.24) is 0 Å². The molecule has 0 bridgehead atoms. The molecular formula is La2O12PbTi4. The van der Waals surface area contributed by atoms with Gasteiger partial charge < -0.3 is 0 Å². The molecule has 0 unspecified atom stereocenters. The molecule has 0 saturated carbocycles. The largest absolute Gasteiger partial charge is 2.00 e. The maximum absolute atomic E-state index is 8.58. The van der Waals surface area contributed by atoms with Crippen LogP contribution in [0.15, 0.2) is 0 Å². The van der Waals surface area contributed by atoms with Gasteiger partial charge in [-0.25, -0.2) is 0 Å². The Bertz CT molecular complexity index is 168. The van der Waals surface area contributed by atoms with Crippen LogP contribution in [0.25, 0.3) is 0 Å². The number of rotatable bonds is 0. The van der Waals surface area contributed by atoms with E-state index in [-0.39, 0.29) is 98.5 Å². The Morgan fingerprint density at radius 2 is 0.421 bits per heavy atom. The summed E-state index contributed by atoms with van der Waals surface area (Å²) in [7, 11) is 0. The van der Waals surface area contributed by atoms with Crippen LogP contribution in [0.4, 0.5) is 0 Å². The Hall–Kier alpha value is 5.05. The first-order valence-corrected chi connectivity index (χ1v) is 10.1. The van der Waals surface area contributed by atoms with Gasteiger partial charge in [-0.3, -0.25) is 0 Å². The minimum absolute atomic E-state index is 0. The SMILES string of the molecule is [La+3].[La+3].[O]=[Ti]([O-])[O-].[O]=[Ti]([O-])[O-].[O]=[Ti]([O-])[O-].[O]=[Ti]([O-])[O-].[Pb+2]. The molecule has 0 aliphatic heterocycles. The van der Waals surface area contributed by atoms with E-state index in [4.69, 9.17) is 42.8 Å². The summed E-state index contributed by atoms with van der Waals surface area (Å²) >= 11 is -16.3. The van der Waals surface area contributed by atoms with Gasteiger partial charge in [0.05, 0.1) is 0 Å². The third-order valence-corrected chi connectivity index (χ3v) is 0. The van der Waals surface area contributed by atoms with E-state index in [9.17, 15) is 0 Å². The zero-order valence-electron chi connectivity index (χ0n) is 8.55. The molecule has 0 aliphatic rings. The predicted octanol–water partition coefficient (Wildman–Crippen LogP) is -10.4. The first-order chi connectivity index (χ1) is 6.93. The van der Waals surface area contributed by atoms with Crippen LogP contribution < -0.4 is 29.5 Å². The Morgan fingerprint density at radius 3 is 0.421 bits per heavy atom. The van der Waals surface area contributed by atoms with Gasteiger partial charge in [-0.05, 0) is 0 Å². The van der Waals surface area contributed by atoms with Crippen molar-refractivity contribution in [3.05, 3.63) is 0 Å². The van der Waals surface area contributed by atoms with Crippen LogP contribution in [-0.2, 0) is 87.8 Å². The summed E-state index contributed by atoms with van der Waals surface area (Å²) in [5.74, 6) is 0.